The highest BCUT2D eigenvalue weighted by molar-refractivity contribution is 8.14. The molecular formula is C22H31NO5S. The van der Waals surface area contributed by atoms with Crippen LogP contribution in [0, 0.1) is 5.92 Å². The summed E-state index contributed by atoms with van der Waals surface area (Å²) in [4.78, 5) is 24.0. The van der Waals surface area contributed by atoms with E-state index in [9.17, 15) is 14.7 Å². The minimum absolute atomic E-state index is 0.159. The van der Waals surface area contributed by atoms with Gasteiger partial charge in [0, 0.05) is 24.7 Å². The molecule has 0 aromatic rings. The highest BCUT2D eigenvalue weighted by Gasteiger charge is 2.49. The molecule has 7 heteroatoms. The van der Waals surface area contributed by atoms with Crippen LogP contribution in [0.3, 0.4) is 0 Å². The van der Waals surface area contributed by atoms with Crippen LogP contribution in [0.15, 0.2) is 36.0 Å². The number of esters is 1. The fourth-order valence-electron chi connectivity index (χ4n) is 3.96. The molecule has 0 aliphatic carbocycles. The van der Waals surface area contributed by atoms with Crippen molar-refractivity contribution in [3.05, 3.63) is 36.0 Å². The summed E-state index contributed by atoms with van der Waals surface area (Å²) in [5.74, 6) is -1.10. The molecule has 0 spiro atoms. The van der Waals surface area contributed by atoms with Crippen LogP contribution in [0.2, 0.25) is 0 Å². The summed E-state index contributed by atoms with van der Waals surface area (Å²) in [6.45, 7) is 4.07. The number of carbonyl (C=O) groups is 2. The summed E-state index contributed by atoms with van der Waals surface area (Å²) < 4.78 is 11.8. The minimum atomic E-state index is -1.53. The van der Waals surface area contributed by atoms with Gasteiger partial charge in [0.1, 0.15) is 6.10 Å². The Labute approximate surface area is 176 Å². The second-order valence-electron chi connectivity index (χ2n) is 8.28. The molecule has 3 aliphatic heterocycles. The van der Waals surface area contributed by atoms with E-state index in [1.54, 1.807) is 0 Å². The lowest BCUT2D eigenvalue weighted by molar-refractivity contribution is -0.283. The van der Waals surface area contributed by atoms with E-state index >= 15 is 0 Å². The molecule has 2 bridgehead atoms. The van der Waals surface area contributed by atoms with Crippen molar-refractivity contribution in [1.82, 2.24) is 5.32 Å². The lowest BCUT2D eigenvalue weighted by atomic mass is 9.90. The van der Waals surface area contributed by atoms with Crippen molar-refractivity contribution in [3.8, 4) is 0 Å². The second kappa shape index (κ2) is 9.96. The maximum Gasteiger partial charge on any atom is 0.330 e. The Balaban J connectivity index is 1.78. The summed E-state index contributed by atoms with van der Waals surface area (Å²) in [5.41, 5.74) is 0.961. The third-order valence-corrected chi connectivity index (χ3v) is 6.50. The molecule has 1 amide bonds. The van der Waals surface area contributed by atoms with E-state index in [0.29, 0.717) is 18.1 Å². The molecule has 5 atom stereocenters. The molecule has 0 saturated carbocycles. The van der Waals surface area contributed by atoms with Gasteiger partial charge in [0.15, 0.2) is 5.79 Å². The van der Waals surface area contributed by atoms with Crippen LogP contribution in [-0.2, 0) is 14.3 Å². The molecule has 160 valence electrons. The Morgan fingerprint density at radius 2 is 2.07 bits per heavy atom. The predicted octanol–water partition coefficient (Wildman–Crippen LogP) is 3.86. The molecule has 0 radical (unpaired) electrons. The molecule has 29 heavy (non-hydrogen) atoms. The Hall–Kier alpha value is -1.57. The predicted molar refractivity (Wildman–Crippen MR) is 113 cm³/mol. The van der Waals surface area contributed by atoms with Crippen molar-refractivity contribution in [3.63, 3.8) is 0 Å². The third kappa shape index (κ3) is 6.46. The maximum absolute atomic E-state index is 12.4. The first-order valence-electron chi connectivity index (χ1n) is 10.4. The summed E-state index contributed by atoms with van der Waals surface area (Å²) in [6, 6.07) is -0.505. The van der Waals surface area contributed by atoms with Crippen molar-refractivity contribution < 1.29 is 24.2 Å². The normalized spacial score (nSPS) is 41.0. The second-order valence-corrected chi connectivity index (χ2v) is 9.27. The number of nitrogens with one attached hydrogen (secondary N) is 1. The molecule has 6 nitrogen and oxygen atoms in total. The van der Waals surface area contributed by atoms with Crippen LogP contribution in [0.5, 0.6) is 0 Å². The van der Waals surface area contributed by atoms with E-state index in [0.717, 1.165) is 43.0 Å². The molecule has 2 fully saturated rings. The average Bonchev–Trinajstić information content (AvgIpc) is 3.09. The molecular weight excluding hydrogens is 390 g/mol. The van der Waals surface area contributed by atoms with Gasteiger partial charge in [-0.3, -0.25) is 4.79 Å². The first kappa shape index (κ1) is 22.1. The number of rotatable bonds is 1. The van der Waals surface area contributed by atoms with Gasteiger partial charge in [-0.2, -0.15) is 0 Å². The Kier molecular flexibility index (Phi) is 7.60. The Morgan fingerprint density at radius 1 is 1.24 bits per heavy atom. The van der Waals surface area contributed by atoms with Gasteiger partial charge in [0.2, 0.25) is 0 Å². The monoisotopic (exact) mass is 421 g/mol. The van der Waals surface area contributed by atoms with Crippen molar-refractivity contribution in [1.29, 1.82) is 0 Å². The molecule has 0 aromatic carbocycles. The number of carbonyl (C=O) groups excluding carboxylic acids is 2. The fraction of sp³-hybridized carbons (Fsp3) is 0.636. The van der Waals surface area contributed by atoms with Gasteiger partial charge in [0.05, 0.1) is 12.1 Å². The van der Waals surface area contributed by atoms with Crippen molar-refractivity contribution in [2.75, 3.05) is 5.75 Å². The summed E-state index contributed by atoms with van der Waals surface area (Å²) >= 11 is 1.14. The van der Waals surface area contributed by atoms with E-state index in [1.807, 2.05) is 13.0 Å². The van der Waals surface area contributed by atoms with Gasteiger partial charge in [-0.05, 0) is 38.5 Å². The van der Waals surface area contributed by atoms with Crippen LogP contribution in [-0.4, -0.2) is 46.1 Å². The van der Waals surface area contributed by atoms with E-state index in [4.69, 9.17) is 9.47 Å². The average molecular weight is 422 g/mol. The lowest BCUT2D eigenvalue weighted by Gasteiger charge is -2.43. The maximum atomic E-state index is 12.4. The standard InChI is InChI=1S/C22H31NO5S/c1-15-7-5-3-4-6-8-16(2)11-20(24)27-18-12-17(10-9-15)28-22(26,13-18)19-14-29-21(25)23-19/h3-5,7,11,15,17-19,26H,6,8-10,12-14H2,1-2H3,(H,23,25)/b4-3+,7-5-,16-11-/t15-,17+,18+,19+,22-/m0/s1. The summed E-state index contributed by atoms with van der Waals surface area (Å²) in [6.07, 6.45) is 13.2. The number of fused-ring (bicyclic) bond motifs is 2. The van der Waals surface area contributed by atoms with Gasteiger partial charge in [0.25, 0.3) is 5.24 Å². The Bertz CT molecular complexity index is 703. The molecule has 3 heterocycles. The number of ether oxygens (including phenoxy) is 2. The van der Waals surface area contributed by atoms with E-state index in [1.165, 1.54) is 6.08 Å². The number of hydrogen-bond acceptors (Lipinski definition) is 6. The number of hydrogen-bond donors (Lipinski definition) is 2. The third-order valence-electron chi connectivity index (χ3n) is 5.62. The van der Waals surface area contributed by atoms with Crippen LogP contribution in [0.25, 0.3) is 0 Å². The summed E-state index contributed by atoms with van der Waals surface area (Å²) in [7, 11) is 0. The van der Waals surface area contributed by atoms with E-state index in [2.05, 4.69) is 30.5 Å². The van der Waals surface area contributed by atoms with Gasteiger partial charge in [-0.25, -0.2) is 4.79 Å². The van der Waals surface area contributed by atoms with Crippen molar-refractivity contribution in [2.24, 2.45) is 5.92 Å². The zero-order valence-corrected chi connectivity index (χ0v) is 18.0. The minimum Gasteiger partial charge on any atom is -0.459 e. The molecule has 0 unspecified atom stereocenters. The van der Waals surface area contributed by atoms with Crippen molar-refractivity contribution >= 4 is 23.0 Å². The lowest BCUT2D eigenvalue weighted by Crippen LogP contribution is -2.58. The molecule has 0 aromatic heterocycles. The number of thioether (sulfide) groups is 1. The Morgan fingerprint density at radius 3 is 2.83 bits per heavy atom. The van der Waals surface area contributed by atoms with Gasteiger partial charge in [-0.1, -0.05) is 48.6 Å². The van der Waals surface area contributed by atoms with Crippen molar-refractivity contribution in [2.45, 2.75) is 76.4 Å². The SMILES string of the molecule is C/C1=C/C(=O)O[C@@H]2C[C@@H](CC[C@@H](C)/C=C\C=C\CC1)O[C@](O)([C@H]1CSC(=O)N1)C2. The van der Waals surface area contributed by atoms with Gasteiger partial charge in [-0.15, -0.1) is 0 Å². The highest BCUT2D eigenvalue weighted by Crippen LogP contribution is 2.36. The van der Waals surface area contributed by atoms with E-state index in [-0.39, 0.29) is 23.7 Å². The van der Waals surface area contributed by atoms with Crippen LogP contribution < -0.4 is 5.32 Å². The molecule has 2 N–H and O–H groups in total. The molecule has 3 rings (SSSR count). The first-order valence-corrected chi connectivity index (χ1v) is 11.4. The quantitative estimate of drug-likeness (QED) is 0.626. The fourth-order valence-corrected chi connectivity index (χ4v) is 4.85. The highest BCUT2D eigenvalue weighted by atomic mass is 32.2. The van der Waals surface area contributed by atoms with Gasteiger partial charge < -0.3 is 19.9 Å². The van der Waals surface area contributed by atoms with Crippen LogP contribution >= 0.6 is 11.8 Å². The molecule has 2 saturated heterocycles. The summed E-state index contributed by atoms with van der Waals surface area (Å²) in [5, 5.41) is 13.8. The van der Waals surface area contributed by atoms with Crippen LogP contribution in [0.1, 0.15) is 52.4 Å². The first-order chi connectivity index (χ1) is 13.8. The number of aliphatic hydroxyl groups is 1. The van der Waals surface area contributed by atoms with E-state index < -0.39 is 17.9 Å². The topological polar surface area (TPSA) is 84.9 Å². The zero-order valence-electron chi connectivity index (χ0n) is 17.1. The number of amides is 1. The largest absolute Gasteiger partial charge is 0.459 e. The zero-order chi connectivity index (χ0) is 20.9. The molecule has 3 aliphatic rings. The van der Waals surface area contributed by atoms with Gasteiger partial charge >= 0.3 is 5.97 Å². The van der Waals surface area contributed by atoms with Crippen LogP contribution in [0.4, 0.5) is 4.79 Å². The smallest absolute Gasteiger partial charge is 0.330 e. The number of allylic oxidation sites excluding steroid dienone is 5.